The number of hydrogen-bond acceptors (Lipinski definition) is 14. The summed E-state index contributed by atoms with van der Waals surface area (Å²) in [5, 5.41) is 12.2. The number of hydrogen-bond donors (Lipinski definition) is 4. The van der Waals surface area contributed by atoms with Gasteiger partial charge in [-0.05, 0) is 84.3 Å². The van der Waals surface area contributed by atoms with E-state index in [9.17, 15) is 27.6 Å². The fraction of sp³-hybridized carbons (Fsp3) is 0.619. The molecular formula is C42H58ClN7O10S2. The number of carbonyl (C=O) groups excluding carboxylic acids is 4. The maximum absolute atomic E-state index is 14.8. The zero-order valence-electron chi connectivity index (χ0n) is 37.1. The second-order valence-electron chi connectivity index (χ2n) is 18.9. The summed E-state index contributed by atoms with van der Waals surface area (Å²) in [6.07, 6.45) is -0.0158. The normalized spacial score (nSPS) is 22.5. The molecule has 3 aliphatic rings. The van der Waals surface area contributed by atoms with E-state index in [1.165, 1.54) is 23.3 Å². The standard InChI is InChI=1S/C42H58ClN7O10S2/c1-12-23-19-42(23,36(53)49-62(55,56)60-41(10)15-16-41)48-34(51)28-17-24(20-50(28)35(52)33(39(4,5)6)47-38(54)59-40(7,8)9)58-30-18-26(27-21-61-37(46-27)44-22(2)3)45-32-25(30)13-14-29(57-11)31(32)43/h13-14,18,21-24,28,33H,12,15-17,19-20H2,1-11H3,(H,44,46)(H,47,54)(H,48,51)(H,49,53)/t23-,24-,28+,33-,42-/m1/s1. The number of benzene rings is 1. The molecule has 2 saturated carbocycles. The molecular weight excluding hydrogens is 862 g/mol. The first kappa shape index (κ1) is 47.0. The molecule has 4 N–H and O–H groups in total. The monoisotopic (exact) mass is 919 g/mol. The highest BCUT2D eigenvalue weighted by atomic mass is 35.5. The average molecular weight is 921 g/mol. The molecule has 3 aromatic rings. The number of nitrogens with zero attached hydrogens (tertiary/aromatic N) is 3. The van der Waals surface area contributed by atoms with Gasteiger partial charge in [-0.15, -0.1) is 11.3 Å². The Morgan fingerprint density at radius 1 is 1.05 bits per heavy atom. The van der Waals surface area contributed by atoms with Crippen molar-refractivity contribution in [1.82, 2.24) is 30.2 Å². The van der Waals surface area contributed by atoms with E-state index in [1.807, 2.05) is 30.9 Å². The average Bonchev–Trinajstić information content (AvgIpc) is 3.92. The van der Waals surface area contributed by atoms with Gasteiger partial charge in [0.2, 0.25) is 11.8 Å². The van der Waals surface area contributed by atoms with E-state index in [0.717, 1.165) is 0 Å². The number of thiazole rings is 1. The molecule has 0 bridgehead atoms. The van der Waals surface area contributed by atoms with E-state index in [4.69, 9.17) is 40.0 Å². The molecule has 0 radical (unpaired) electrons. The second kappa shape index (κ2) is 17.3. The quantitative estimate of drug-likeness (QED) is 0.131. The van der Waals surface area contributed by atoms with Crippen molar-refractivity contribution in [3.8, 4) is 22.9 Å². The lowest BCUT2D eigenvalue weighted by atomic mass is 9.85. The number of rotatable bonds is 15. The predicted molar refractivity (Wildman–Crippen MR) is 235 cm³/mol. The van der Waals surface area contributed by atoms with Crippen molar-refractivity contribution < 1.29 is 46.0 Å². The van der Waals surface area contributed by atoms with Crippen LogP contribution in [0.2, 0.25) is 5.02 Å². The van der Waals surface area contributed by atoms with Crippen LogP contribution in [-0.4, -0.2) is 102 Å². The Kier molecular flexibility index (Phi) is 13.1. The van der Waals surface area contributed by atoms with Crippen molar-refractivity contribution in [3.05, 3.63) is 28.6 Å². The van der Waals surface area contributed by atoms with Crippen LogP contribution in [0.15, 0.2) is 23.6 Å². The summed E-state index contributed by atoms with van der Waals surface area (Å²) in [7, 11) is -3.00. The van der Waals surface area contributed by atoms with Crippen LogP contribution in [0.1, 0.15) is 101 Å². The number of halogens is 1. The Labute approximate surface area is 372 Å². The number of fused-ring (bicyclic) bond motifs is 1. The number of alkyl carbamates (subject to hydrolysis) is 1. The van der Waals surface area contributed by atoms with Gasteiger partial charge in [-0.1, -0.05) is 45.7 Å². The van der Waals surface area contributed by atoms with Crippen molar-refractivity contribution in [2.24, 2.45) is 11.3 Å². The number of likely N-dealkylation sites (tertiary alicyclic amines) is 1. The molecule has 4 amide bonds. The summed E-state index contributed by atoms with van der Waals surface area (Å²) in [5.74, 6) is -1.88. The first-order valence-electron chi connectivity index (χ1n) is 20.7. The third-order valence-corrected chi connectivity index (χ3v) is 13.2. The number of nitrogens with one attached hydrogen (secondary N) is 4. The summed E-state index contributed by atoms with van der Waals surface area (Å²) in [5.41, 5.74) is -2.82. The zero-order chi connectivity index (χ0) is 45.7. The van der Waals surface area contributed by atoms with E-state index >= 15 is 0 Å². The minimum atomic E-state index is -4.50. The molecule has 5 atom stereocenters. The van der Waals surface area contributed by atoms with Gasteiger partial charge >= 0.3 is 16.4 Å². The molecule has 2 aromatic heterocycles. The molecule has 2 aliphatic carbocycles. The van der Waals surface area contributed by atoms with Gasteiger partial charge in [0.25, 0.3) is 5.91 Å². The molecule has 62 heavy (non-hydrogen) atoms. The molecule has 6 rings (SSSR count). The zero-order valence-corrected chi connectivity index (χ0v) is 39.4. The number of carbonyl (C=O) groups is 4. The van der Waals surface area contributed by atoms with Crippen LogP contribution in [0, 0.1) is 11.3 Å². The van der Waals surface area contributed by atoms with Crippen molar-refractivity contribution in [2.75, 3.05) is 19.0 Å². The highest BCUT2D eigenvalue weighted by molar-refractivity contribution is 7.85. The van der Waals surface area contributed by atoms with Gasteiger partial charge in [-0.25, -0.2) is 23.7 Å². The maximum Gasteiger partial charge on any atom is 0.408 e. The van der Waals surface area contributed by atoms with Crippen molar-refractivity contribution in [3.63, 3.8) is 0 Å². The van der Waals surface area contributed by atoms with Gasteiger partial charge < -0.3 is 35.1 Å². The van der Waals surface area contributed by atoms with Gasteiger partial charge in [-0.3, -0.25) is 14.4 Å². The third-order valence-electron chi connectivity index (χ3n) is 11.0. The molecule has 1 saturated heterocycles. The first-order chi connectivity index (χ1) is 28.8. The summed E-state index contributed by atoms with van der Waals surface area (Å²) < 4.78 is 50.8. The van der Waals surface area contributed by atoms with Crippen LogP contribution in [0.25, 0.3) is 22.3 Å². The van der Waals surface area contributed by atoms with Crippen LogP contribution in [0.3, 0.4) is 0 Å². The molecule has 340 valence electrons. The summed E-state index contributed by atoms with van der Waals surface area (Å²) in [6, 6.07) is 2.91. The summed E-state index contributed by atoms with van der Waals surface area (Å²) in [6.45, 7) is 17.8. The third kappa shape index (κ3) is 10.7. The Hall–Kier alpha value is -4.46. The van der Waals surface area contributed by atoms with Crippen LogP contribution in [0.4, 0.5) is 9.93 Å². The van der Waals surface area contributed by atoms with Crippen LogP contribution in [-0.2, 0) is 33.6 Å². The lowest BCUT2D eigenvalue weighted by Gasteiger charge is -2.36. The van der Waals surface area contributed by atoms with E-state index < -0.39 is 80.4 Å². The molecule has 0 spiro atoms. The number of methoxy groups -OCH3 is 1. The number of amides is 4. The van der Waals surface area contributed by atoms with E-state index in [-0.39, 0.29) is 30.5 Å². The smallest absolute Gasteiger partial charge is 0.408 e. The van der Waals surface area contributed by atoms with Gasteiger partial charge in [0.05, 0.1) is 30.5 Å². The van der Waals surface area contributed by atoms with E-state index in [0.29, 0.717) is 58.2 Å². The molecule has 17 nitrogen and oxygen atoms in total. The largest absolute Gasteiger partial charge is 0.495 e. The van der Waals surface area contributed by atoms with Gasteiger partial charge in [0, 0.05) is 29.3 Å². The predicted octanol–water partition coefficient (Wildman–Crippen LogP) is 6.34. The first-order valence-corrected chi connectivity index (χ1v) is 23.4. The molecule has 1 aliphatic heterocycles. The highest BCUT2D eigenvalue weighted by Crippen LogP contribution is 2.47. The topological polar surface area (TPSA) is 216 Å². The minimum absolute atomic E-state index is 0.0443. The SMILES string of the molecule is CC[C@@H]1C[C@]1(NC(=O)[C@@H]1C[C@@H](Oc2cc(-c3csc(NC(C)C)n3)nc3c(Cl)c(OC)ccc23)CN1C(=O)[C@@H](NC(=O)OC(C)(C)C)C(C)(C)C)C(=O)NS(=O)(=O)OC1(C)CC1. The highest BCUT2D eigenvalue weighted by Gasteiger charge is 2.62. The minimum Gasteiger partial charge on any atom is -0.495 e. The van der Waals surface area contributed by atoms with Crippen LogP contribution >= 0.6 is 22.9 Å². The molecule has 3 heterocycles. The number of pyridine rings is 1. The van der Waals surface area contributed by atoms with Crippen LogP contribution in [0.5, 0.6) is 11.5 Å². The Morgan fingerprint density at radius 2 is 1.74 bits per heavy atom. The van der Waals surface area contributed by atoms with Gasteiger partial charge in [0.15, 0.2) is 5.13 Å². The second-order valence-corrected chi connectivity index (χ2v) is 21.5. The lowest BCUT2D eigenvalue weighted by Crippen LogP contribution is -2.60. The Morgan fingerprint density at radius 3 is 2.32 bits per heavy atom. The van der Waals surface area contributed by atoms with Crippen molar-refractivity contribution in [2.45, 2.75) is 142 Å². The Balaban J connectivity index is 1.36. The van der Waals surface area contributed by atoms with Crippen molar-refractivity contribution >= 4 is 73.1 Å². The molecule has 1 aromatic carbocycles. The molecule has 20 heteroatoms. The summed E-state index contributed by atoms with van der Waals surface area (Å²) >= 11 is 8.25. The number of aromatic nitrogens is 2. The summed E-state index contributed by atoms with van der Waals surface area (Å²) in [4.78, 5) is 67.3. The fourth-order valence-corrected chi connectivity index (χ4v) is 9.74. The van der Waals surface area contributed by atoms with Gasteiger partial charge in [-0.2, -0.15) is 8.42 Å². The Bertz CT molecular complexity index is 2340. The number of ether oxygens (including phenoxy) is 3. The maximum atomic E-state index is 14.8. The van der Waals surface area contributed by atoms with E-state index in [1.54, 1.807) is 66.7 Å². The molecule has 3 fully saturated rings. The van der Waals surface area contributed by atoms with Crippen LogP contribution < -0.4 is 30.1 Å². The van der Waals surface area contributed by atoms with Crippen molar-refractivity contribution in [1.29, 1.82) is 0 Å². The fourth-order valence-electron chi connectivity index (χ4n) is 7.46. The number of anilines is 1. The lowest BCUT2D eigenvalue weighted by molar-refractivity contribution is -0.143. The molecule has 0 unspecified atom stereocenters. The van der Waals surface area contributed by atoms with E-state index in [2.05, 4.69) is 16.0 Å². The van der Waals surface area contributed by atoms with Gasteiger partial charge in [0.1, 0.15) is 51.5 Å².